The van der Waals surface area contributed by atoms with Gasteiger partial charge in [-0.05, 0) is 33.6 Å². The Bertz CT molecular complexity index is 361. The summed E-state index contributed by atoms with van der Waals surface area (Å²) in [5.41, 5.74) is 1.32. The summed E-state index contributed by atoms with van der Waals surface area (Å²) < 4.78 is 7.28. The number of nitrogens with one attached hydrogen (secondary N) is 1. The second-order valence-electron chi connectivity index (χ2n) is 5.87. The molecule has 1 fully saturated rings. The molecule has 0 aliphatic heterocycles. The van der Waals surface area contributed by atoms with Gasteiger partial charge in [0.25, 0.3) is 0 Å². The molecule has 1 saturated carbocycles. The quantitative estimate of drug-likeness (QED) is 0.869. The maximum atomic E-state index is 5.26. The molecule has 0 unspecified atom stereocenters. The second kappa shape index (κ2) is 4.78. The van der Waals surface area contributed by atoms with E-state index >= 15 is 0 Å². The zero-order valence-electron chi connectivity index (χ0n) is 11.2. The molecule has 0 spiro atoms. The second-order valence-corrected chi connectivity index (χ2v) is 5.87. The SMILES string of the molecule is COC1CC(NCc2cnn(C(C)(C)C)c2)C1. The molecule has 2 rings (SSSR count). The van der Waals surface area contributed by atoms with Gasteiger partial charge in [0.2, 0.25) is 0 Å². The van der Waals surface area contributed by atoms with Crippen LogP contribution in [0.5, 0.6) is 0 Å². The van der Waals surface area contributed by atoms with Gasteiger partial charge in [-0.15, -0.1) is 0 Å². The smallest absolute Gasteiger partial charge is 0.0601 e. The zero-order valence-corrected chi connectivity index (χ0v) is 11.2. The highest BCUT2D eigenvalue weighted by atomic mass is 16.5. The molecule has 0 saturated heterocycles. The number of nitrogens with zero attached hydrogens (tertiary/aromatic N) is 2. The van der Waals surface area contributed by atoms with Crippen LogP contribution < -0.4 is 5.32 Å². The van der Waals surface area contributed by atoms with Gasteiger partial charge in [0.15, 0.2) is 0 Å². The zero-order chi connectivity index (χ0) is 12.5. The van der Waals surface area contributed by atoms with Crippen LogP contribution in [0.2, 0.25) is 0 Å². The summed E-state index contributed by atoms with van der Waals surface area (Å²) in [5.74, 6) is 0. The minimum Gasteiger partial charge on any atom is -0.381 e. The van der Waals surface area contributed by atoms with Gasteiger partial charge in [-0.2, -0.15) is 5.10 Å². The fraction of sp³-hybridized carbons (Fsp3) is 0.769. The third-order valence-corrected chi connectivity index (χ3v) is 3.35. The minimum absolute atomic E-state index is 0.0653. The van der Waals surface area contributed by atoms with E-state index in [1.54, 1.807) is 7.11 Å². The summed E-state index contributed by atoms with van der Waals surface area (Å²) in [6.45, 7) is 7.38. The van der Waals surface area contributed by atoms with Crippen LogP contribution in [-0.4, -0.2) is 29.0 Å². The molecule has 0 atom stereocenters. The summed E-state index contributed by atoms with van der Waals surface area (Å²) in [6.07, 6.45) is 6.79. The number of methoxy groups -OCH3 is 1. The van der Waals surface area contributed by atoms with E-state index in [2.05, 4.69) is 37.4 Å². The van der Waals surface area contributed by atoms with E-state index in [0.717, 1.165) is 19.4 Å². The first-order chi connectivity index (χ1) is 7.99. The van der Waals surface area contributed by atoms with Gasteiger partial charge in [-0.1, -0.05) is 0 Å². The van der Waals surface area contributed by atoms with Gasteiger partial charge >= 0.3 is 0 Å². The van der Waals surface area contributed by atoms with Crippen molar-refractivity contribution in [2.75, 3.05) is 7.11 Å². The van der Waals surface area contributed by atoms with E-state index in [1.165, 1.54) is 5.56 Å². The van der Waals surface area contributed by atoms with Crippen LogP contribution in [0.1, 0.15) is 39.2 Å². The van der Waals surface area contributed by atoms with Gasteiger partial charge in [0.1, 0.15) is 0 Å². The lowest BCUT2D eigenvalue weighted by molar-refractivity contribution is 0.0170. The van der Waals surface area contributed by atoms with Crippen LogP contribution >= 0.6 is 0 Å². The molecule has 1 aromatic heterocycles. The molecule has 0 aromatic carbocycles. The number of ether oxygens (including phenoxy) is 1. The number of hydrogen-bond donors (Lipinski definition) is 1. The first-order valence-corrected chi connectivity index (χ1v) is 6.29. The molecule has 4 nitrogen and oxygen atoms in total. The monoisotopic (exact) mass is 237 g/mol. The molecule has 96 valence electrons. The lowest BCUT2D eigenvalue weighted by Gasteiger charge is -2.34. The summed E-state index contributed by atoms with van der Waals surface area (Å²) in [6, 6.07) is 0.609. The Balaban J connectivity index is 1.78. The first-order valence-electron chi connectivity index (χ1n) is 6.29. The molecular formula is C13H23N3O. The lowest BCUT2D eigenvalue weighted by Crippen LogP contribution is -2.44. The summed E-state index contributed by atoms with van der Waals surface area (Å²) in [5, 5.41) is 7.92. The van der Waals surface area contributed by atoms with Gasteiger partial charge in [0.05, 0.1) is 17.8 Å². The predicted molar refractivity (Wildman–Crippen MR) is 67.9 cm³/mol. The normalized spacial score (nSPS) is 24.7. The Hall–Kier alpha value is -0.870. The van der Waals surface area contributed by atoms with Gasteiger partial charge < -0.3 is 10.1 Å². The first kappa shape index (κ1) is 12.6. The average molecular weight is 237 g/mol. The van der Waals surface area contributed by atoms with Gasteiger partial charge in [-0.3, -0.25) is 4.68 Å². The molecule has 17 heavy (non-hydrogen) atoms. The highest BCUT2D eigenvalue weighted by Gasteiger charge is 2.28. The summed E-state index contributed by atoms with van der Waals surface area (Å²) in [4.78, 5) is 0. The number of aromatic nitrogens is 2. The van der Waals surface area contributed by atoms with Crippen molar-refractivity contribution in [3.05, 3.63) is 18.0 Å². The molecule has 0 radical (unpaired) electrons. The number of rotatable bonds is 4. The van der Waals surface area contributed by atoms with Crippen molar-refractivity contribution in [1.29, 1.82) is 0 Å². The molecule has 1 heterocycles. The minimum atomic E-state index is 0.0653. The van der Waals surface area contributed by atoms with E-state index in [1.807, 2.05) is 10.9 Å². The maximum absolute atomic E-state index is 5.26. The molecule has 1 aliphatic rings. The van der Waals surface area contributed by atoms with Crippen LogP contribution in [0.3, 0.4) is 0 Å². The van der Waals surface area contributed by atoms with Crippen molar-refractivity contribution in [3.63, 3.8) is 0 Å². The van der Waals surface area contributed by atoms with E-state index in [4.69, 9.17) is 4.74 Å². The Morgan fingerprint density at radius 3 is 2.71 bits per heavy atom. The van der Waals surface area contributed by atoms with E-state index in [-0.39, 0.29) is 5.54 Å². The molecule has 1 aliphatic carbocycles. The van der Waals surface area contributed by atoms with Crippen molar-refractivity contribution in [2.24, 2.45) is 0 Å². The van der Waals surface area contributed by atoms with E-state index < -0.39 is 0 Å². The topological polar surface area (TPSA) is 39.1 Å². The molecule has 0 bridgehead atoms. The van der Waals surface area contributed by atoms with Gasteiger partial charge in [-0.25, -0.2) is 0 Å². The van der Waals surface area contributed by atoms with E-state index in [9.17, 15) is 0 Å². The fourth-order valence-electron chi connectivity index (χ4n) is 2.01. The highest BCUT2D eigenvalue weighted by Crippen LogP contribution is 2.22. The maximum Gasteiger partial charge on any atom is 0.0601 e. The molecule has 1 N–H and O–H groups in total. The van der Waals surface area contributed by atoms with Crippen molar-refractivity contribution >= 4 is 0 Å². The number of hydrogen-bond acceptors (Lipinski definition) is 3. The van der Waals surface area contributed by atoms with Gasteiger partial charge in [0, 0.05) is 31.5 Å². The standard InChI is InChI=1S/C13H23N3O/c1-13(2,3)16-9-10(8-15-16)7-14-11-5-12(6-11)17-4/h8-9,11-12,14H,5-7H2,1-4H3. The third kappa shape index (κ3) is 3.07. The van der Waals surface area contributed by atoms with Crippen LogP contribution in [0.15, 0.2) is 12.4 Å². The largest absolute Gasteiger partial charge is 0.381 e. The Morgan fingerprint density at radius 2 is 2.18 bits per heavy atom. The molecule has 4 heteroatoms. The third-order valence-electron chi connectivity index (χ3n) is 3.35. The Kier molecular flexibility index (Phi) is 3.54. The predicted octanol–water partition coefficient (Wildman–Crippen LogP) is 1.91. The Morgan fingerprint density at radius 1 is 1.47 bits per heavy atom. The molecular weight excluding hydrogens is 214 g/mol. The van der Waals surface area contributed by atoms with Crippen molar-refractivity contribution in [1.82, 2.24) is 15.1 Å². The van der Waals surface area contributed by atoms with E-state index in [0.29, 0.717) is 12.1 Å². The lowest BCUT2D eigenvalue weighted by atomic mass is 9.89. The summed E-state index contributed by atoms with van der Waals surface area (Å²) >= 11 is 0. The molecule has 0 amide bonds. The van der Waals surface area contributed by atoms with Crippen LogP contribution in [0, 0.1) is 0 Å². The Labute approximate surface area is 103 Å². The highest BCUT2D eigenvalue weighted by molar-refractivity contribution is 5.05. The average Bonchev–Trinajstić information content (AvgIpc) is 2.63. The van der Waals surface area contributed by atoms with Crippen molar-refractivity contribution in [3.8, 4) is 0 Å². The van der Waals surface area contributed by atoms with Crippen LogP contribution in [0.4, 0.5) is 0 Å². The van der Waals surface area contributed by atoms with Crippen molar-refractivity contribution < 1.29 is 4.74 Å². The van der Waals surface area contributed by atoms with Crippen LogP contribution in [0.25, 0.3) is 0 Å². The fourth-order valence-corrected chi connectivity index (χ4v) is 2.01. The molecule has 1 aromatic rings. The van der Waals surface area contributed by atoms with Crippen LogP contribution in [-0.2, 0) is 16.8 Å². The van der Waals surface area contributed by atoms with Crippen molar-refractivity contribution in [2.45, 2.75) is 57.8 Å². The summed E-state index contributed by atoms with van der Waals surface area (Å²) in [7, 11) is 1.79.